The minimum absolute atomic E-state index is 0.552. The topological polar surface area (TPSA) is 16.1 Å². The van der Waals surface area contributed by atoms with E-state index in [9.17, 15) is 0 Å². The summed E-state index contributed by atoms with van der Waals surface area (Å²) in [6, 6.07) is 2.83. The number of nitrogens with zero attached hydrogens (tertiary/aromatic N) is 2. The summed E-state index contributed by atoms with van der Waals surface area (Å²) in [5.74, 6) is 0.552. The lowest BCUT2D eigenvalue weighted by atomic mass is 10.2. The number of pyridine rings is 1. The molecule has 0 radical (unpaired) electrons. The molecular weight excluding hydrogens is 208 g/mol. The van der Waals surface area contributed by atoms with Crippen LogP contribution in [0.2, 0.25) is 0 Å². The molecule has 0 N–H and O–H groups in total. The van der Waals surface area contributed by atoms with Crippen LogP contribution in [0.3, 0.4) is 0 Å². The Kier molecular flexibility index (Phi) is 3.47. The van der Waals surface area contributed by atoms with E-state index >= 15 is 0 Å². The number of alkyl halides is 1. The number of halogens is 1. The summed E-state index contributed by atoms with van der Waals surface area (Å²) < 4.78 is 0. The third kappa shape index (κ3) is 2.43. The first-order valence-corrected chi connectivity index (χ1v) is 6.15. The second-order valence-corrected chi connectivity index (χ2v) is 4.33. The fourth-order valence-corrected chi connectivity index (χ4v) is 2.14. The van der Waals surface area contributed by atoms with Crippen LogP contribution in [0.5, 0.6) is 0 Å². The SMILES string of the molecule is CCCN(c1ccncc1CCl)C1CC1. The molecule has 2 nitrogen and oxygen atoms in total. The Morgan fingerprint density at radius 2 is 2.33 bits per heavy atom. The van der Waals surface area contributed by atoms with Gasteiger partial charge in [-0.25, -0.2) is 0 Å². The Morgan fingerprint density at radius 1 is 1.53 bits per heavy atom. The first kappa shape index (κ1) is 10.7. The van der Waals surface area contributed by atoms with E-state index in [0.29, 0.717) is 5.88 Å². The van der Waals surface area contributed by atoms with E-state index in [1.54, 1.807) is 0 Å². The molecule has 0 amide bonds. The predicted octanol–water partition coefficient (Wildman–Crippen LogP) is 3.20. The van der Waals surface area contributed by atoms with Gasteiger partial charge in [-0.15, -0.1) is 11.6 Å². The van der Waals surface area contributed by atoms with Crippen LogP contribution in [0.25, 0.3) is 0 Å². The van der Waals surface area contributed by atoms with Crippen molar-refractivity contribution in [2.45, 2.75) is 38.1 Å². The highest BCUT2D eigenvalue weighted by molar-refractivity contribution is 6.17. The monoisotopic (exact) mass is 224 g/mol. The molecule has 2 rings (SSSR count). The quantitative estimate of drug-likeness (QED) is 0.715. The van der Waals surface area contributed by atoms with Crippen molar-refractivity contribution in [3.63, 3.8) is 0 Å². The van der Waals surface area contributed by atoms with Crippen LogP contribution in [0.15, 0.2) is 18.5 Å². The van der Waals surface area contributed by atoms with E-state index in [-0.39, 0.29) is 0 Å². The van der Waals surface area contributed by atoms with Gasteiger partial charge in [0.2, 0.25) is 0 Å². The maximum atomic E-state index is 5.93. The second kappa shape index (κ2) is 4.84. The van der Waals surface area contributed by atoms with Gasteiger partial charge in [-0.1, -0.05) is 6.92 Å². The summed E-state index contributed by atoms with van der Waals surface area (Å²) in [6.07, 6.45) is 7.57. The second-order valence-electron chi connectivity index (χ2n) is 4.06. The summed E-state index contributed by atoms with van der Waals surface area (Å²) in [4.78, 5) is 6.61. The van der Waals surface area contributed by atoms with Crippen LogP contribution in [0, 0.1) is 0 Å². The zero-order chi connectivity index (χ0) is 10.7. The number of hydrogen-bond acceptors (Lipinski definition) is 2. The molecule has 0 atom stereocenters. The molecule has 82 valence electrons. The third-order valence-corrected chi connectivity index (χ3v) is 3.07. The van der Waals surface area contributed by atoms with Crippen LogP contribution >= 0.6 is 11.6 Å². The predicted molar refractivity (Wildman–Crippen MR) is 64.5 cm³/mol. The number of rotatable bonds is 5. The van der Waals surface area contributed by atoms with E-state index in [2.05, 4.69) is 22.9 Å². The van der Waals surface area contributed by atoms with E-state index in [1.807, 2.05) is 12.4 Å². The summed E-state index contributed by atoms with van der Waals surface area (Å²) in [6.45, 7) is 3.34. The van der Waals surface area contributed by atoms with Crippen LogP contribution in [0.4, 0.5) is 5.69 Å². The molecular formula is C12H17ClN2. The van der Waals surface area contributed by atoms with Crippen LogP contribution < -0.4 is 4.90 Å². The molecule has 1 fully saturated rings. The molecule has 3 heteroatoms. The molecule has 0 unspecified atom stereocenters. The largest absolute Gasteiger partial charge is 0.368 e. The molecule has 1 heterocycles. The first-order chi connectivity index (χ1) is 7.36. The van der Waals surface area contributed by atoms with Gasteiger partial charge >= 0.3 is 0 Å². The van der Waals surface area contributed by atoms with Gasteiger partial charge in [0.25, 0.3) is 0 Å². The van der Waals surface area contributed by atoms with Crippen molar-refractivity contribution in [3.05, 3.63) is 24.0 Å². The van der Waals surface area contributed by atoms with Gasteiger partial charge in [-0.05, 0) is 25.3 Å². The van der Waals surface area contributed by atoms with Gasteiger partial charge in [0.1, 0.15) is 0 Å². The van der Waals surface area contributed by atoms with Crippen LogP contribution in [-0.4, -0.2) is 17.6 Å². The molecule has 1 aliphatic carbocycles. The molecule has 1 aromatic heterocycles. The lowest BCUT2D eigenvalue weighted by Crippen LogP contribution is -2.27. The molecule has 0 bridgehead atoms. The van der Waals surface area contributed by atoms with Crippen LogP contribution in [0.1, 0.15) is 31.7 Å². The molecule has 1 aromatic rings. The molecule has 0 aliphatic heterocycles. The highest BCUT2D eigenvalue weighted by Crippen LogP contribution is 2.33. The van der Waals surface area contributed by atoms with Gasteiger partial charge in [0.05, 0.1) is 5.88 Å². The van der Waals surface area contributed by atoms with Crippen molar-refractivity contribution in [1.82, 2.24) is 4.98 Å². The Balaban J connectivity index is 2.23. The molecule has 0 saturated heterocycles. The fraction of sp³-hybridized carbons (Fsp3) is 0.583. The van der Waals surface area contributed by atoms with Gasteiger partial charge < -0.3 is 4.90 Å². The Hall–Kier alpha value is -0.760. The molecule has 15 heavy (non-hydrogen) atoms. The Morgan fingerprint density at radius 3 is 2.93 bits per heavy atom. The van der Waals surface area contributed by atoms with Crippen molar-refractivity contribution in [2.24, 2.45) is 0 Å². The van der Waals surface area contributed by atoms with Crippen molar-refractivity contribution in [2.75, 3.05) is 11.4 Å². The zero-order valence-electron chi connectivity index (χ0n) is 9.12. The van der Waals surface area contributed by atoms with E-state index in [1.165, 1.54) is 24.9 Å². The normalized spacial score (nSPS) is 15.3. The highest BCUT2D eigenvalue weighted by Gasteiger charge is 2.29. The maximum absolute atomic E-state index is 5.93. The average molecular weight is 225 g/mol. The van der Waals surface area contributed by atoms with E-state index in [0.717, 1.165) is 18.2 Å². The minimum atomic E-state index is 0.552. The Labute approximate surface area is 96.3 Å². The molecule has 0 aromatic carbocycles. The molecule has 0 spiro atoms. The zero-order valence-corrected chi connectivity index (χ0v) is 9.87. The number of anilines is 1. The van der Waals surface area contributed by atoms with E-state index < -0.39 is 0 Å². The van der Waals surface area contributed by atoms with Crippen molar-refractivity contribution in [3.8, 4) is 0 Å². The first-order valence-electron chi connectivity index (χ1n) is 5.62. The summed E-state index contributed by atoms with van der Waals surface area (Å²) in [5.41, 5.74) is 2.43. The van der Waals surface area contributed by atoms with E-state index in [4.69, 9.17) is 11.6 Å². The summed E-state index contributed by atoms with van der Waals surface area (Å²) >= 11 is 5.93. The van der Waals surface area contributed by atoms with Gasteiger partial charge in [-0.3, -0.25) is 4.98 Å². The van der Waals surface area contributed by atoms with Crippen molar-refractivity contribution in [1.29, 1.82) is 0 Å². The lowest BCUT2D eigenvalue weighted by Gasteiger charge is -2.25. The minimum Gasteiger partial charge on any atom is -0.368 e. The third-order valence-electron chi connectivity index (χ3n) is 2.78. The summed E-state index contributed by atoms with van der Waals surface area (Å²) in [7, 11) is 0. The standard InChI is InChI=1S/C12H17ClN2/c1-2-7-15(11-3-4-11)12-5-6-14-9-10(12)8-13/h5-6,9,11H,2-4,7-8H2,1H3. The maximum Gasteiger partial charge on any atom is 0.0509 e. The highest BCUT2D eigenvalue weighted by atomic mass is 35.5. The smallest absolute Gasteiger partial charge is 0.0509 e. The van der Waals surface area contributed by atoms with Gasteiger partial charge in [-0.2, -0.15) is 0 Å². The number of hydrogen-bond donors (Lipinski definition) is 0. The lowest BCUT2D eigenvalue weighted by molar-refractivity contribution is 0.759. The van der Waals surface area contributed by atoms with Gasteiger partial charge in [0.15, 0.2) is 0 Å². The van der Waals surface area contributed by atoms with Crippen LogP contribution in [-0.2, 0) is 5.88 Å². The Bertz CT molecular complexity index is 323. The van der Waals surface area contributed by atoms with Crippen molar-refractivity contribution >= 4 is 17.3 Å². The average Bonchev–Trinajstić information content (AvgIpc) is 3.10. The fourth-order valence-electron chi connectivity index (χ4n) is 1.93. The number of aromatic nitrogens is 1. The van der Waals surface area contributed by atoms with Crippen molar-refractivity contribution < 1.29 is 0 Å². The molecule has 1 aliphatic rings. The summed E-state index contributed by atoms with van der Waals surface area (Å²) in [5, 5.41) is 0. The van der Waals surface area contributed by atoms with Gasteiger partial charge in [0, 0.05) is 36.2 Å². The molecule has 1 saturated carbocycles.